The Labute approximate surface area is 96.4 Å². The van der Waals surface area contributed by atoms with Gasteiger partial charge in [-0.3, -0.25) is 0 Å². The predicted molar refractivity (Wildman–Crippen MR) is 69.3 cm³/mol. The Balaban J connectivity index is 0.000000921. The fraction of sp³-hybridized carbons (Fsp3) is 1.00. The van der Waals surface area contributed by atoms with Gasteiger partial charge in [0.15, 0.2) is 0 Å². The van der Waals surface area contributed by atoms with Gasteiger partial charge in [-0.05, 0) is 51.7 Å². The van der Waals surface area contributed by atoms with Gasteiger partial charge in [0.2, 0.25) is 0 Å². The molecule has 0 heterocycles. The van der Waals surface area contributed by atoms with Crippen LogP contribution in [0.15, 0.2) is 0 Å². The van der Waals surface area contributed by atoms with Crippen LogP contribution >= 0.6 is 0 Å². The molecule has 1 saturated carbocycles. The van der Waals surface area contributed by atoms with E-state index < -0.39 is 0 Å². The van der Waals surface area contributed by atoms with Crippen molar-refractivity contribution in [3.05, 3.63) is 0 Å². The van der Waals surface area contributed by atoms with E-state index in [0.29, 0.717) is 0 Å². The Morgan fingerprint density at radius 3 is 2.33 bits per heavy atom. The van der Waals surface area contributed by atoms with E-state index in [4.69, 9.17) is 0 Å². The van der Waals surface area contributed by atoms with Crippen molar-refractivity contribution in [3.8, 4) is 0 Å². The Bertz CT molecular complexity index is 132. The lowest BCUT2D eigenvalue weighted by Gasteiger charge is -2.18. The minimum Gasteiger partial charge on any atom is -0.318 e. The summed E-state index contributed by atoms with van der Waals surface area (Å²) in [6.45, 7) is 9.95. The number of nitrogens with one attached hydrogen (secondary N) is 1. The summed E-state index contributed by atoms with van der Waals surface area (Å²) in [5.74, 6) is 2.02. The first-order valence-corrected chi connectivity index (χ1v) is 6.57. The van der Waals surface area contributed by atoms with Gasteiger partial charge in [-0.1, -0.05) is 20.8 Å². The zero-order valence-electron chi connectivity index (χ0n) is 11.3. The molecule has 92 valence electrons. The standard InChI is InChI=1S/C11H24N2.C2H6/c1-10(11-4-5-11)6-8-13(3)9-7-12-2;1-2/h10-12H,4-9H2,1-3H3;1-2H3/t10-;/m1./s1. The molecule has 1 atom stereocenters. The highest BCUT2D eigenvalue weighted by atomic mass is 15.1. The van der Waals surface area contributed by atoms with Crippen molar-refractivity contribution < 1.29 is 0 Å². The van der Waals surface area contributed by atoms with Crippen LogP contribution in [0.4, 0.5) is 0 Å². The highest BCUT2D eigenvalue weighted by Gasteiger charge is 2.27. The number of likely N-dealkylation sites (N-methyl/N-ethyl adjacent to an activating group) is 2. The lowest BCUT2D eigenvalue weighted by molar-refractivity contribution is 0.297. The monoisotopic (exact) mass is 214 g/mol. The fourth-order valence-corrected chi connectivity index (χ4v) is 1.74. The summed E-state index contributed by atoms with van der Waals surface area (Å²) in [7, 11) is 4.23. The maximum absolute atomic E-state index is 3.18. The minimum atomic E-state index is 0.956. The third kappa shape index (κ3) is 7.80. The Morgan fingerprint density at radius 2 is 1.87 bits per heavy atom. The van der Waals surface area contributed by atoms with Gasteiger partial charge in [0.25, 0.3) is 0 Å². The van der Waals surface area contributed by atoms with E-state index in [1.54, 1.807) is 0 Å². The third-order valence-electron chi connectivity index (χ3n) is 3.14. The van der Waals surface area contributed by atoms with Crippen molar-refractivity contribution in [3.63, 3.8) is 0 Å². The molecule has 2 nitrogen and oxygen atoms in total. The van der Waals surface area contributed by atoms with Gasteiger partial charge in [0.05, 0.1) is 0 Å². The van der Waals surface area contributed by atoms with Gasteiger partial charge in [-0.15, -0.1) is 0 Å². The molecule has 2 heteroatoms. The quantitative estimate of drug-likeness (QED) is 0.701. The number of rotatable bonds is 7. The summed E-state index contributed by atoms with van der Waals surface area (Å²) >= 11 is 0. The summed E-state index contributed by atoms with van der Waals surface area (Å²) in [5, 5.41) is 3.18. The molecule has 15 heavy (non-hydrogen) atoms. The SMILES string of the molecule is CC.CNCCN(C)CC[C@@H](C)C1CC1. The van der Waals surface area contributed by atoms with Crippen LogP contribution in [0.3, 0.4) is 0 Å². The van der Waals surface area contributed by atoms with Crippen molar-refractivity contribution in [2.24, 2.45) is 11.8 Å². The normalized spacial score (nSPS) is 17.2. The molecule has 1 aliphatic rings. The molecule has 0 aromatic rings. The first-order chi connectivity index (χ1) is 7.24. The highest BCUT2D eigenvalue weighted by Crippen LogP contribution is 2.38. The number of hydrogen-bond donors (Lipinski definition) is 1. The minimum absolute atomic E-state index is 0.956. The molecular weight excluding hydrogens is 184 g/mol. The molecular formula is C13H30N2. The van der Waals surface area contributed by atoms with Crippen LogP contribution in [0.5, 0.6) is 0 Å². The van der Waals surface area contributed by atoms with Crippen molar-refractivity contribution >= 4 is 0 Å². The number of nitrogens with zero attached hydrogens (tertiary/aromatic N) is 1. The van der Waals surface area contributed by atoms with Crippen LogP contribution in [-0.4, -0.2) is 38.6 Å². The molecule has 0 spiro atoms. The maximum Gasteiger partial charge on any atom is 0.0104 e. The van der Waals surface area contributed by atoms with Gasteiger partial charge >= 0.3 is 0 Å². The Hall–Kier alpha value is -0.0800. The second-order valence-electron chi connectivity index (χ2n) is 4.51. The van der Waals surface area contributed by atoms with E-state index in [9.17, 15) is 0 Å². The molecule has 1 N–H and O–H groups in total. The van der Waals surface area contributed by atoms with Gasteiger partial charge in [0.1, 0.15) is 0 Å². The lowest BCUT2D eigenvalue weighted by Crippen LogP contribution is -2.29. The molecule has 0 saturated heterocycles. The van der Waals surface area contributed by atoms with E-state index in [0.717, 1.165) is 18.4 Å². The van der Waals surface area contributed by atoms with E-state index in [2.05, 4.69) is 24.2 Å². The Kier molecular flexibility index (Phi) is 9.12. The highest BCUT2D eigenvalue weighted by molar-refractivity contribution is 4.79. The molecule has 0 aliphatic heterocycles. The van der Waals surface area contributed by atoms with E-state index in [1.165, 1.54) is 32.4 Å². The molecule has 0 radical (unpaired) electrons. The summed E-state index contributed by atoms with van der Waals surface area (Å²) in [4.78, 5) is 2.43. The zero-order valence-corrected chi connectivity index (χ0v) is 11.3. The first-order valence-electron chi connectivity index (χ1n) is 6.57. The van der Waals surface area contributed by atoms with Gasteiger partial charge in [-0.25, -0.2) is 0 Å². The van der Waals surface area contributed by atoms with Crippen LogP contribution in [0.2, 0.25) is 0 Å². The van der Waals surface area contributed by atoms with E-state index >= 15 is 0 Å². The summed E-state index contributed by atoms with van der Waals surface area (Å²) in [6, 6.07) is 0. The molecule has 0 unspecified atom stereocenters. The average Bonchev–Trinajstić information content (AvgIpc) is 3.09. The van der Waals surface area contributed by atoms with Crippen LogP contribution in [-0.2, 0) is 0 Å². The van der Waals surface area contributed by atoms with Gasteiger partial charge in [-0.2, -0.15) is 0 Å². The molecule has 1 rings (SSSR count). The average molecular weight is 214 g/mol. The van der Waals surface area contributed by atoms with Crippen molar-refractivity contribution in [1.82, 2.24) is 10.2 Å². The smallest absolute Gasteiger partial charge is 0.0104 e. The first kappa shape index (κ1) is 14.9. The molecule has 1 fully saturated rings. The van der Waals surface area contributed by atoms with E-state index in [1.807, 2.05) is 20.9 Å². The Morgan fingerprint density at radius 1 is 1.27 bits per heavy atom. The fourth-order valence-electron chi connectivity index (χ4n) is 1.74. The van der Waals surface area contributed by atoms with Crippen LogP contribution in [0.25, 0.3) is 0 Å². The second kappa shape index (κ2) is 9.17. The van der Waals surface area contributed by atoms with Crippen molar-refractivity contribution in [2.45, 2.75) is 40.0 Å². The largest absolute Gasteiger partial charge is 0.318 e. The third-order valence-corrected chi connectivity index (χ3v) is 3.14. The van der Waals surface area contributed by atoms with Crippen molar-refractivity contribution in [1.29, 1.82) is 0 Å². The van der Waals surface area contributed by atoms with E-state index in [-0.39, 0.29) is 0 Å². The summed E-state index contributed by atoms with van der Waals surface area (Å²) < 4.78 is 0. The topological polar surface area (TPSA) is 15.3 Å². The maximum atomic E-state index is 3.18. The van der Waals surface area contributed by atoms with Gasteiger partial charge < -0.3 is 10.2 Å². The zero-order chi connectivity index (χ0) is 11.7. The van der Waals surface area contributed by atoms with Gasteiger partial charge in [0, 0.05) is 13.1 Å². The lowest BCUT2D eigenvalue weighted by atomic mass is 10.0. The van der Waals surface area contributed by atoms with Crippen LogP contribution in [0.1, 0.15) is 40.0 Å². The predicted octanol–water partition coefficient (Wildman–Crippen LogP) is 2.60. The molecule has 0 aromatic heterocycles. The van der Waals surface area contributed by atoms with Crippen LogP contribution in [0, 0.1) is 11.8 Å². The molecule has 0 amide bonds. The van der Waals surface area contributed by atoms with Crippen molar-refractivity contribution in [2.75, 3.05) is 33.7 Å². The molecule has 1 aliphatic carbocycles. The van der Waals surface area contributed by atoms with Crippen LogP contribution < -0.4 is 5.32 Å². The summed E-state index contributed by atoms with van der Waals surface area (Å²) in [6.07, 6.45) is 4.35. The molecule has 0 aromatic carbocycles. The summed E-state index contributed by atoms with van der Waals surface area (Å²) in [5.41, 5.74) is 0. The molecule has 0 bridgehead atoms. The second-order valence-corrected chi connectivity index (χ2v) is 4.51. The number of hydrogen-bond acceptors (Lipinski definition) is 2.